The molecule has 0 amide bonds. The Labute approximate surface area is 173 Å². The van der Waals surface area contributed by atoms with E-state index in [2.05, 4.69) is 11.6 Å². The molecule has 2 rings (SSSR count). The van der Waals surface area contributed by atoms with Crippen LogP contribution in [-0.2, 0) is 13.0 Å². The lowest BCUT2D eigenvalue weighted by molar-refractivity contribution is 0.269. The molecular formula is C24H29NO4. The van der Waals surface area contributed by atoms with E-state index in [4.69, 9.17) is 14.2 Å². The lowest BCUT2D eigenvalue weighted by atomic mass is 10.0. The Balaban J connectivity index is 2.27. The molecule has 5 nitrogen and oxygen atoms in total. The summed E-state index contributed by atoms with van der Waals surface area (Å²) in [5.41, 5.74) is 3.99. The molecule has 0 atom stereocenters. The van der Waals surface area contributed by atoms with Gasteiger partial charge in [0.2, 0.25) is 5.75 Å². The number of rotatable bonds is 10. The highest BCUT2D eigenvalue weighted by atomic mass is 16.5. The molecule has 5 heteroatoms. The van der Waals surface area contributed by atoms with Gasteiger partial charge in [-0.25, -0.2) is 4.98 Å². The van der Waals surface area contributed by atoms with Gasteiger partial charge in [-0.3, -0.25) is 0 Å². The summed E-state index contributed by atoms with van der Waals surface area (Å²) in [6.07, 6.45) is 6.40. The highest BCUT2D eigenvalue weighted by molar-refractivity contribution is 5.54. The number of methoxy groups -OCH3 is 2. The SMILES string of the molecule is C=C/C(O)=C\C=C(/C)CCc1nc(OC)c(OC)c(OCc2ccccc2)c1C. The Morgan fingerprint density at radius 2 is 1.83 bits per heavy atom. The van der Waals surface area contributed by atoms with Crippen LogP contribution in [0.25, 0.3) is 0 Å². The topological polar surface area (TPSA) is 60.8 Å². The standard InChI is InChI=1S/C24H29NO4/c1-6-20(26)14-12-17(2)13-15-21-18(3)22(23(27-4)24(25-21)28-5)29-16-19-10-8-7-9-11-19/h6-12,14,26H,1,13,15-16H2,2-5H3/b17-12+,20-14+. The van der Waals surface area contributed by atoms with Crippen LogP contribution in [0, 0.1) is 6.92 Å². The highest BCUT2D eigenvalue weighted by Crippen LogP contribution is 2.40. The van der Waals surface area contributed by atoms with Crippen LogP contribution in [0.3, 0.4) is 0 Å². The third-order valence-corrected chi connectivity index (χ3v) is 4.54. The average molecular weight is 395 g/mol. The van der Waals surface area contributed by atoms with Crippen molar-refractivity contribution in [2.45, 2.75) is 33.3 Å². The van der Waals surface area contributed by atoms with E-state index in [1.54, 1.807) is 20.3 Å². The molecule has 1 aromatic carbocycles. The van der Waals surface area contributed by atoms with Crippen LogP contribution in [0.2, 0.25) is 0 Å². The smallest absolute Gasteiger partial charge is 0.261 e. The monoisotopic (exact) mass is 395 g/mol. The van der Waals surface area contributed by atoms with Crippen LogP contribution in [0.15, 0.2) is 66.5 Å². The van der Waals surface area contributed by atoms with E-state index in [9.17, 15) is 5.11 Å². The van der Waals surface area contributed by atoms with E-state index < -0.39 is 0 Å². The first-order chi connectivity index (χ1) is 14.0. The second-order valence-corrected chi connectivity index (χ2v) is 6.64. The van der Waals surface area contributed by atoms with Gasteiger partial charge in [0.25, 0.3) is 5.88 Å². The summed E-state index contributed by atoms with van der Waals surface area (Å²) in [5.74, 6) is 1.68. The summed E-state index contributed by atoms with van der Waals surface area (Å²) in [4.78, 5) is 4.63. The predicted octanol–water partition coefficient (Wildman–Crippen LogP) is 5.49. The summed E-state index contributed by atoms with van der Waals surface area (Å²) in [7, 11) is 3.15. The van der Waals surface area contributed by atoms with Crippen molar-refractivity contribution in [2.24, 2.45) is 0 Å². The molecule has 1 aromatic heterocycles. The van der Waals surface area contributed by atoms with Gasteiger partial charge in [0, 0.05) is 5.56 Å². The number of allylic oxidation sites excluding steroid dienone is 4. The minimum absolute atomic E-state index is 0.140. The van der Waals surface area contributed by atoms with Gasteiger partial charge in [-0.15, -0.1) is 0 Å². The molecule has 0 bridgehead atoms. The first kappa shape index (κ1) is 22.1. The van der Waals surface area contributed by atoms with Crippen molar-refractivity contribution in [3.05, 3.63) is 83.3 Å². The maximum atomic E-state index is 9.49. The van der Waals surface area contributed by atoms with Gasteiger partial charge in [0.1, 0.15) is 12.4 Å². The van der Waals surface area contributed by atoms with Crippen LogP contribution >= 0.6 is 0 Å². The van der Waals surface area contributed by atoms with Gasteiger partial charge in [0.05, 0.1) is 19.9 Å². The lowest BCUT2D eigenvalue weighted by Crippen LogP contribution is -2.06. The molecule has 0 aliphatic heterocycles. The molecule has 0 saturated heterocycles. The number of nitrogens with zero attached hydrogens (tertiary/aromatic N) is 1. The van der Waals surface area contributed by atoms with E-state index >= 15 is 0 Å². The van der Waals surface area contributed by atoms with Crippen LogP contribution < -0.4 is 14.2 Å². The van der Waals surface area contributed by atoms with Gasteiger partial charge < -0.3 is 19.3 Å². The van der Waals surface area contributed by atoms with Crippen molar-refractivity contribution in [1.82, 2.24) is 4.98 Å². The summed E-state index contributed by atoms with van der Waals surface area (Å²) in [6.45, 7) is 7.95. The zero-order valence-electron chi connectivity index (χ0n) is 17.6. The number of ether oxygens (including phenoxy) is 3. The lowest BCUT2D eigenvalue weighted by Gasteiger charge is -2.18. The number of aliphatic hydroxyl groups excluding tert-OH is 1. The third kappa shape index (κ3) is 6.14. The normalized spacial score (nSPS) is 11.9. The van der Waals surface area contributed by atoms with E-state index in [1.165, 1.54) is 6.08 Å². The molecule has 1 N–H and O–H groups in total. The Morgan fingerprint density at radius 1 is 1.10 bits per heavy atom. The maximum absolute atomic E-state index is 9.49. The molecule has 0 unspecified atom stereocenters. The van der Waals surface area contributed by atoms with Crippen molar-refractivity contribution < 1.29 is 19.3 Å². The molecule has 0 aliphatic carbocycles. The molecule has 1 heterocycles. The summed E-state index contributed by atoms with van der Waals surface area (Å²) < 4.78 is 17.1. The molecule has 0 saturated carbocycles. The van der Waals surface area contributed by atoms with Gasteiger partial charge in [-0.05, 0) is 44.4 Å². The molecule has 0 radical (unpaired) electrons. The maximum Gasteiger partial charge on any atom is 0.261 e. The Morgan fingerprint density at radius 3 is 2.45 bits per heavy atom. The number of aromatic nitrogens is 1. The van der Waals surface area contributed by atoms with E-state index in [-0.39, 0.29) is 5.76 Å². The molecule has 0 spiro atoms. The van der Waals surface area contributed by atoms with Crippen molar-refractivity contribution in [1.29, 1.82) is 0 Å². The van der Waals surface area contributed by atoms with E-state index in [0.29, 0.717) is 30.4 Å². The number of pyridine rings is 1. The quantitative estimate of drug-likeness (QED) is 0.426. The molecule has 29 heavy (non-hydrogen) atoms. The Kier molecular flexibility index (Phi) is 8.34. The zero-order chi connectivity index (χ0) is 21.2. The summed E-state index contributed by atoms with van der Waals surface area (Å²) >= 11 is 0. The second kappa shape index (κ2) is 11.0. The summed E-state index contributed by atoms with van der Waals surface area (Å²) in [6, 6.07) is 9.97. The van der Waals surface area contributed by atoms with Gasteiger partial charge in [-0.2, -0.15) is 0 Å². The van der Waals surface area contributed by atoms with Crippen LogP contribution in [0.4, 0.5) is 0 Å². The van der Waals surface area contributed by atoms with E-state index in [1.807, 2.05) is 50.3 Å². The average Bonchev–Trinajstić information content (AvgIpc) is 2.75. The highest BCUT2D eigenvalue weighted by Gasteiger charge is 2.20. The number of hydrogen-bond acceptors (Lipinski definition) is 5. The molecule has 0 aliphatic rings. The fourth-order valence-corrected chi connectivity index (χ4v) is 2.82. The zero-order valence-corrected chi connectivity index (χ0v) is 17.6. The largest absolute Gasteiger partial charge is 0.508 e. The summed E-state index contributed by atoms with van der Waals surface area (Å²) in [5, 5.41) is 9.49. The van der Waals surface area contributed by atoms with Crippen LogP contribution in [0.5, 0.6) is 17.4 Å². The van der Waals surface area contributed by atoms with Crippen molar-refractivity contribution >= 4 is 0 Å². The van der Waals surface area contributed by atoms with Gasteiger partial charge in [0.15, 0.2) is 5.75 Å². The van der Waals surface area contributed by atoms with Gasteiger partial charge >= 0.3 is 0 Å². The number of benzene rings is 1. The third-order valence-electron chi connectivity index (χ3n) is 4.54. The molecular weight excluding hydrogens is 366 g/mol. The predicted molar refractivity (Wildman–Crippen MR) is 116 cm³/mol. The molecule has 154 valence electrons. The first-order valence-corrected chi connectivity index (χ1v) is 9.47. The number of hydrogen-bond donors (Lipinski definition) is 1. The fraction of sp³-hybridized carbons (Fsp3) is 0.292. The molecule has 2 aromatic rings. The van der Waals surface area contributed by atoms with Crippen molar-refractivity contribution in [3.8, 4) is 17.4 Å². The van der Waals surface area contributed by atoms with E-state index in [0.717, 1.165) is 28.8 Å². The Bertz CT molecular complexity index is 885. The van der Waals surface area contributed by atoms with Crippen molar-refractivity contribution in [3.63, 3.8) is 0 Å². The van der Waals surface area contributed by atoms with Crippen LogP contribution in [-0.4, -0.2) is 24.3 Å². The minimum Gasteiger partial charge on any atom is -0.508 e. The molecule has 0 fully saturated rings. The second-order valence-electron chi connectivity index (χ2n) is 6.64. The van der Waals surface area contributed by atoms with Crippen LogP contribution in [0.1, 0.15) is 30.2 Å². The number of aliphatic hydroxyl groups is 1. The first-order valence-electron chi connectivity index (χ1n) is 9.47. The van der Waals surface area contributed by atoms with Crippen molar-refractivity contribution in [2.75, 3.05) is 14.2 Å². The number of aryl methyl sites for hydroxylation is 1. The minimum atomic E-state index is 0.140. The Hall–Kier alpha value is -3.21. The van der Waals surface area contributed by atoms with Gasteiger partial charge in [-0.1, -0.05) is 48.6 Å². The fourth-order valence-electron chi connectivity index (χ4n) is 2.82.